The van der Waals surface area contributed by atoms with E-state index in [2.05, 4.69) is 0 Å². The number of amides is 1. The molecule has 0 aromatic carbocycles. The van der Waals surface area contributed by atoms with E-state index in [4.69, 9.17) is 14.2 Å². The van der Waals surface area contributed by atoms with Gasteiger partial charge in [-0.1, -0.05) is 0 Å². The largest absolute Gasteiger partial charge is 0.465 e. The summed E-state index contributed by atoms with van der Waals surface area (Å²) in [5.41, 5.74) is 0.113. The number of methoxy groups -OCH3 is 2. The van der Waals surface area contributed by atoms with Crippen molar-refractivity contribution in [3.05, 3.63) is 23.0 Å². The average Bonchev–Trinajstić information content (AvgIpc) is 2.93. The highest BCUT2D eigenvalue weighted by molar-refractivity contribution is 6.11. The molecule has 0 aliphatic carbocycles. The standard InChI is InChI=1S/C15H18N2O6/c1-8-4-5-23-10-7-16-6-9(14(19)21-2)11(15(20)22-3)12(16)13(18)17(8)10/h6,8,10H,4-5,7H2,1-3H3/t8-,10+/m1/s1. The first-order valence-corrected chi connectivity index (χ1v) is 7.33. The Morgan fingerprint density at radius 1 is 1.26 bits per heavy atom. The number of ether oxygens (including phenoxy) is 3. The minimum absolute atomic E-state index is 0.00280. The zero-order chi connectivity index (χ0) is 16.7. The van der Waals surface area contributed by atoms with E-state index in [-0.39, 0.29) is 28.8 Å². The van der Waals surface area contributed by atoms with Crippen molar-refractivity contribution in [2.24, 2.45) is 0 Å². The summed E-state index contributed by atoms with van der Waals surface area (Å²) >= 11 is 0. The molecule has 3 heterocycles. The lowest BCUT2D eigenvalue weighted by Crippen LogP contribution is -2.56. The molecule has 1 aromatic rings. The van der Waals surface area contributed by atoms with Crippen LogP contribution in [-0.4, -0.2) is 60.4 Å². The summed E-state index contributed by atoms with van der Waals surface area (Å²) in [5, 5.41) is 0. The van der Waals surface area contributed by atoms with Crippen LogP contribution in [0.15, 0.2) is 6.20 Å². The molecule has 23 heavy (non-hydrogen) atoms. The van der Waals surface area contributed by atoms with Gasteiger partial charge in [0.25, 0.3) is 5.91 Å². The van der Waals surface area contributed by atoms with Crippen LogP contribution in [0, 0.1) is 0 Å². The summed E-state index contributed by atoms with van der Waals surface area (Å²) < 4.78 is 16.7. The van der Waals surface area contributed by atoms with Gasteiger partial charge in [-0.15, -0.1) is 0 Å². The van der Waals surface area contributed by atoms with E-state index in [1.54, 1.807) is 9.47 Å². The number of aromatic nitrogens is 1. The van der Waals surface area contributed by atoms with Gasteiger partial charge >= 0.3 is 11.9 Å². The SMILES string of the molecule is COC(=O)c1cn2c(c1C(=O)OC)C(=O)N1[C@H](C)CCO[C@H]1C2. The minimum Gasteiger partial charge on any atom is -0.465 e. The van der Waals surface area contributed by atoms with Crippen molar-refractivity contribution < 1.29 is 28.6 Å². The van der Waals surface area contributed by atoms with Crippen molar-refractivity contribution in [2.75, 3.05) is 20.8 Å². The topological polar surface area (TPSA) is 87.1 Å². The Kier molecular flexibility index (Phi) is 3.85. The van der Waals surface area contributed by atoms with Crippen LogP contribution in [0.5, 0.6) is 0 Å². The van der Waals surface area contributed by atoms with Crippen LogP contribution in [0.1, 0.15) is 44.5 Å². The van der Waals surface area contributed by atoms with Crippen LogP contribution < -0.4 is 0 Å². The van der Waals surface area contributed by atoms with E-state index in [1.807, 2.05) is 6.92 Å². The molecule has 1 aromatic heterocycles. The van der Waals surface area contributed by atoms with E-state index < -0.39 is 18.2 Å². The second kappa shape index (κ2) is 5.69. The van der Waals surface area contributed by atoms with E-state index in [0.717, 1.165) is 6.42 Å². The normalized spacial score (nSPS) is 23.1. The fourth-order valence-electron chi connectivity index (χ4n) is 3.14. The van der Waals surface area contributed by atoms with Gasteiger partial charge < -0.3 is 23.7 Å². The molecule has 0 spiro atoms. The molecule has 2 aliphatic rings. The maximum absolute atomic E-state index is 12.9. The zero-order valence-corrected chi connectivity index (χ0v) is 13.2. The van der Waals surface area contributed by atoms with E-state index in [1.165, 1.54) is 20.4 Å². The summed E-state index contributed by atoms with van der Waals surface area (Å²) in [6.45, 7) is 2.86. The number of nitrogens with zero attached hydrogens (tertiary/aromatic N) is 2. The molecule has 8 heteroatoms. The van der Waals surface area contributed by atoms with Gasteiger partial charge in [-0.05, 0) is 13.3 Å². The number of hydrogen-bond acceptors (Lipinski definition) is 6. The molecule has 124 valence electrons. The fraction of sp³-hybridized carbons (Fsp3) is 0.533. The third-order valence-corrected chi connectivity index (χ3v) is 4.29. The number of rotatable bonds is 2. The van der Waals surface area contributed by atoms with Crippen LogP contribution in [0.3, 0.4) is 0 Å². The summed E-state index contributed by atoms with van der Waals surface area (Å²) in [7, 11) is 2.42. The summed E-state index contributed by atoms with van der Waals surface area (Å²) in [6.07, 6.45) is 1.77. The molecule has 1 fully saturated rings. The highest BCUT2D eigenvalue weighted by Crippen LogP contribution is 2.31. The maximum atomic E-state index is 12.9. The molecule has 0 bridgehead atoms. The predicted octanol–water partition coefficient (Wildman–Crippen LogP) is 0.652. The lowest BCUT2D eigenvalue weighted by atomic mass is 10.1. The van der Waals surface area contributed by atoms with Gasteiger partial charge in [-0.3, -0.25) is 4.79 Å². The fourth-order valence-corrected chi connectivity index (χ4v) is 3.14. The Balaban J connectivity index is 2.15. The summed E-state index contributed by atoms with van der Waals surface area (Å²) in [4.78, 5) is 38.6. The number of fused-ring (bicyclic) bond motifs is 2. The molecule has 8 nitrogen and oxygen atoms in total. The molecule has 3 rings (SSSR count). The van der Waals surface area contributed by atoms with Gasteiger partial charge in [-0.2, -0.15) is 0 Å². The molecule has 1 amide bonds. The Hall–Kier alpha value is -2.35. The second-order valence-corrected chi connectivity index (χ2v) is 5.58. The summed E-state index contributed by atoms with van der Waals surface area (Å²) in [6, 6.07) is -0.00280. The highest BCUT2D eigenvalue weighted by atomic mass is 16.5. The first-order valence-electron chi connectivity index (χ1n) is 7.33. The quantitative estimate of drug-likeness (QED) is 0.743. The Labute approximate surface area is 132 Å². The van der Waals surface area contributed by atoms with E-state index in [0.29, 0.717) is 13.2 Å². The molecule has 2 aliphatic heterocycles. The number of carbonyl (C=O) groups is 3. The second-order valence-electron chi connectivity index (χ2n) is 5.58. The van der Waals surface area contributed by atoms with Crippen molar-refractivity contribution in [1.29, 1.82) is 0 Å². The molecule has 0 N–H and O–H groups in total. The number of carbonyl (C=O) groups excluding carboxylic acids is 3. The average molecular weight is 322 g/mol. The molecule has 1 saturated heterocycles. The van der Waals surface area contributed by atoms with Gasteiger partial charge in [0.15, 0.2) is 6.23 Å². The molecule has 0 unspecified atom stereocenters. The molecule has 0 saturated carbocycles. The van der Waals surface area contributed by atoms with Crippen molar-refractivity contribution in [3.63, 3.8) is 0 Å². The minimum atomic E-state index is -0.739. The van der Waals surface area contributed by atoms with Crippen LogP contribution in [0.4, 0.5) is 0 Å². The first-order chi connectivity index (χ1) is 11.0. The van der Waals surface area contributed by atoms with Crippen LogP contribution in [0.2, 0.25) is 0 Å². The molecular weight excluding hydrogens is 304 g/mol. The Morgan fingerprint density at radius 2 is 1.96 bits per heavy atom. The van der Waals surface area contributed by atoms with Gasteiger partial charge in [0.05, 0.1) is 32.9 Å². The molecular formula is C15H18N2O6. The van der Waals surface area contributed by atoms with Crippen molar-refractivity contribution in [3.8, 4) is 0 Å². The van der Waals surface area contributed by atoms with Crippen LogP contribution in [0.25, 0.3) is 0 Å². The predicted molar refractivity (Wildman–Crippen MR) is 77.1 cm³/mol. The van der Waals surface area contributed by atoms with Gasteiger partial charge in [0.2, 0.25) is 0 Å². The molecule has 0 radical (unpaired) electrons. The van der Waals surface area contributed by atoms with Crippen molar-refractivity contribution in [2.45, 2.75) is 32.2 Å². The monoisotopic (exact) mass is 322 g/mol. The van der Waals surface area contributed by atoms with Crippen LogP contribution >= 0.6 is 0 Å². The lowest BCUT2D eigenvalue weighted by Gasteiger charge is -2.43. The first kappa shape index (κ1) is 15.5. The summed E-state index contributed by atoms with van der Waals surface area (Å²) in [5.74, 6) is -1.77. The zero-order valence-electron chi connectivity index (χ0n) is 13.2. The van der Waals surface area contributed by atoms with Gasteiger partial charge in [0, 0.05) is 12.2 Å². The third-order valence-electron chi connectivity index (χ3n) is 4.29. The third kappa shape index (κ3) is 2.29. The number of esters is 2. The van der Waals surface area contributed by atoms with E-state index >= 15 is 0 Å². The van der Waals surface area contributed by atoms with Crippen molar-refractivity contribution >= 4 is 17.8 Å². The maximum Gasteiger partial charge on any atom is 0.341 e. The highest BCUT2D eigenvalue weighted by Gasteiger charge is 2.43. The van der Waals surface area contributed by atoms with Gasteiger partial charge in [0.1, 0.15) is 11.3 Å². The Morgan fingerprint density at radius 3 is 2.61 bits per heavy atom. The van der Waals surface area contributed by atoms with Gasteiger partial charge in [-0.25, -0.2) is 9.59 Å². The van der Waals surface area contributed by atoms with Crippen molar-refractivity contribution in [1.82, 2.24) is 9.47 Å². The van der Waals surface area contributed by atoms with E-state index in [9.17, 15) is 14.4 Å². The smallest absolute Gasteiger partial charge is 0.341 e. The number of hydrogen-bond donors (Lipinski definition) is 0. The van der Waals surface area contributed by atoms with Crippen LogP contribution in [-0.2, 0) is 20.8 Å². The Bertz CT molecular complexity index is 680. The lowest BCUT2D eigenvalue weighted by molar-refractivity contribution is -0.111. The molecule has 2 atom stereocenters.